The van der Waals surface area contributed by atoms with Crippen molar-refractivity contribution >= 4 is 0 Å². The van der Waals surface area contributed by atoms with Gasteiger partial charge in [0, 0.05) is 17.6 Å². The lowest BCUT2D eigenvalue weighted by atomic mass is 10.0. The molecule has 0 amide bonds. The second-order valence-electron chi connectivity index (χ2n) is 5.05. The van der Waals surface area contributed by atoms with Gasteiger partial charge in [0.1, 0.15) is 17.4 Å². The molecule has 2 atom stereocenters. The monoisotopic (exact) mass is 291 g/mol. The number of ether oxygens (including phenoxy) is 1. The molecule has 0 bridgehead atoms. The zero-order chi connectivity index (χ0) is 15.4. The summed E-state index contributed by atoms with van der Waals surface area (Å²) >= 11 is 0. The van der Waals surface area contributed by atoms with Crippen LogP contribution in [-0.2, 0) is 0 Å². The maximum absolute atomic E-state index is 13.4. The number of hydrogen-bond acceptors (Lipinski definition) is 2. The van der Waals surface area contributed by atoms with Crippen molar-refractivity contribution in [3.63, 3.8) is 0 Å². The van der Waals surface area contributed by atoms with E-state index in [9.17, 15) is 8.78 Å². The second kappa shape index (κ2) is 6.68. The van der Waals surface area contributed by atoms with Crippen molar-refractivity contribution in [1.29, 1.82) is 0 Å². The molecule has 0 heterocycles. The van der Waals surface area contributed by atoms with Crippen molar-refractivity contribution in [2.24, 2.45) is 0 Å². The Balaban J connectivity index is 2.15. The summed E-state index contributed by atoms with van der Waals surface area (Å²) < 4.78 is 31.6. The van der Waals surface area contributed by atoms with Gasteiger partial charge in [-0.1, -0.05) is 12.1 Å². The molecule has 21 heavy (non-hydrogen) atoms. The fourth-order valence-corrected chi connectivity index (χ4v) is 2.36. The molecular weight excluding hydrogens is 272 g/mol. The third kappa shape index (κ3) is 3.79. The van der Waals surface area contributed by atoms with E-state index in [1.54, 1.807) is 25.3 Å². The normalized spacial score (nSPS) is 13.8. The van der Waals surface area contributed by atoms with E-state index in [1.807, 2.05) is 13.8 Å². The fraction of sp³-hybridized carbons (Fsp3) is 0.294. The van der Waals surface area contributed by atoms with Crippen LogP contribution in [0.4, 0.5) is 8.78 Å². The van der Waals surface area contributed by atoms with Gasteiger partial charge in [0.15, 0.2) is 0 Å². The van der Waals surface area contributed by atoms with Gasteiger partial charge in [-0.15, -0.1) is 0 Å². The summed E-state index contributed by atoms with van der Waals surface area (Å²) in [6, 6.07) is 10.7. The molecule has 112 valence electrons. The Labute approximate surface area is 123 Å². The summed E-state index contributed by atoms with van der Waals surface area (Å²) in [6.07, 6.45) is 0. The van der Waals surface area contributed by atoms with Gasteiger partial charge in [-0.05, 0) is 49.7 Å². The maximum Gasteiger partial charge on any atom is 0.123 e. The number of rotatable bonds is 5. The predicted molar refractivity (Wildman–Crippen MR) is 79.3 cm³/mol. The summed E-state index contributed by atoms with van der Waals surface area (Å²) in [7, 11) is 1.56. The first kappa shape index (κ1) is 15.4. The zero-order valence-electron chi connectivity index (χ0n) is 12.4. The third-order valence-corrected chi connectivity index (χ3v) is 3.53. The number of hydrogen-bond donors (Lipinski definition) is 1. The van der Waals surface area contributed by atoms with Crippen molar-refractivity contribution in [2.75, 3.05) is 7.11 Å². The Kier molecular flexibility index (Phi) is 4.91. The summed E-state index contributed by atoms with van der Waals surface area (Å²) in [5.74, 6) is 0.0855. The van der Waals surface area contributed by atoms with E-state index in [1.165, 1.54) is 24.3 Å². The molecular formula is C17H19F2NO. The van der Waals surface area contributed by atoms with E-state index in [0.29, 0.717) is 5.75 Å². The fourth-order valence-electron chi connectivity index (χ4n) is 2.36. The molecule has 2 nitrogen and oxygen atoms in total. The topological polar surface area (TPSA) is 21.3 Å². The van der Waals surface area contributed by atoms with E-state index in [-0.39, 0.29) is 23.7 Å². The van der Waals surface area contributed by atoms with Crippen LogP contribution in [0.2, 0.25) is 0 Å². The molecule has 1 N–H and O–H groups in total. The molecule has 0 aliphatic rings. The van der Waals surface area contributed by atoms with E-state index in [2.05, 4.69) is 5.32 Å². The molecule has 4 heteroatoms. The van der Waals surface area contributed by atoms with Crippen LogP contribution in [-0.4, -0.2) is 7.11 Å². The van der Waals surface area contributed by atoms with Gasteiger partial charge >= 0.3 is 0 Å². The first-order valence-corrected chi connectivity index (χ1v) is 6.86. The first-order chi connectivity index (χ1) is 10.0. The van der Waals surface area contributed by atoms with Crippen molar-refractivity contribution in [1.82, 2.24) is 5.32 Å². The molecule has 0 saturated carbocycles. The highest BCUT2D eigenvalue weighted by Crippen LogP contribution is 2.28. The Morgan fingerprint density at radius 2 is 1.52 bits per heavy atom. The largest absolute Gasteiger partial charge is 0.496 e. The minimum Gasteiger partial charge on any atom is -0.496 e. The van der Waals surface area contributed by atoms with Gasteiger partial charge < -0.3 is 10.1 Å². The molecule has 0 radical (unpaired) electrons. The van der Waals surface area contributed by atoms with E-state index < -0.39 is 0 Å². The van der Waals surface area contributed by atoms with Gasteiger partial charge in [-0.25, -0.2) is 8.78 Å². The summed E-state index contributed by atoms with van der Waals surface area (Å²) in [5, 5.41) is 3.36. The molecule has 2 rings (SSSR count). The number of nitrogens with one attached hydrogen (secondary N) is 1. The van der Waals surface area contributed by atoms with Crippen LogP contribution in [0.1, 0.15) is 37.1 Å². The predicted octanol–water partition coefficient (Wildman–Crippen LogP) is 4.39. The van der Waals surface area contributed by atoms with Gasteiger partial charge in [0.05, 0.1) is 7.11 Å². The molecule has 0 aromatic heterocycles. The molecule has 0 aliphatic heterocycles. The molecule has 0 aliphatic carbocycles. The molecule has 0 spiro atoms. The van der Waals surface area contributed by atoms with Gasteiger partial charge in [0.25, 0.3) is 0 Å². The van der Waals surface area contributed by atoms with Gasteiger partial charge in [-0.2, -0.15) is 0 Å². The van der Waals surface area contributed by atoms with Crippen molar-refractivity contribution in [3.8, 4) is 5.75 Å². The van der Waals surface area contributed by atoms with Crippen LogP contribution in [0, 0.1) is 11.6 Å². The second-order valence-corrected chi connectivity index (χ2v) is 5.05. The van der Waals surface area contributed by atoms with Gasteiger partial charge in [-0.3, -0.25) is 0 Å². The van der Waals surface area contributed by atoms with Crippen molar-refractivity contribution in [3.05, 3.63) is 65.2 Å². The number of halogens is 2. The SMILES string of the molecule is COc1ccc(F)cc1C(C)NC(C)c1ccc(F)cc1. The van der Waals surface area contributed by atoms with Gasteiger partial charge in [0.2, 0.25) is 0 Å². The Morgan fingerprint density at radius 1 is 0.905 bits per heavy atom. The van der Waals surface area contributed by atoms with E-state index in [4.69, 9.17) is 4.74 Å². The van der Waals surface area contributed by atoms with Crippen LogP contribution in [0.3, 0.4) is 0 Å². The standard InChI is InChI=1S/C17H19F2NO/c1-11(13-4-6-14(18)7-5-13)20-12(2)16-10-15(19)8-9-17(16)21-3/h4-12,20H,1-3H3. The first-order valence-electron chi connectivity index (χ1n) is 6.86. The van der Waals surface area contributed by atoms with Crippen LogP contribution >= 0.6 is 0 Å². The summed E-state index contributed by atoms with van der Waals surface area (Å²) in [4.78, 5) is 0. The molecule has 0 fully saturated rings. The highest BCUT2D eigenvalue weighted by molar-refractivity contribution is 5.36. The van der Waals surface area contributed by atoms with Crippen molar-refractivity contribution < 1.29 is 13.5 Å². The van der Waals surface area contributed by atoms with Crippen LogP contribution in [0.5, 0.6) is 5.75 Å². The highest BCUT2D eigenvalue weighted by Gasteiger charge is 2.15. The summed E-state index contributed by atoms with van der Waals surface area (Å²) in [6.45, 7) is 3.92. The van der Waals surface area contributed by atoms with Crippen molar-refractivity contribution in [2.45, 2.75) is 25.9 Å². The lowest BCUT2D eigenvalue weighted by Crippen LogP contribution is -2.23. The van der Waals surface area contributed by atoms with Crippen LogP contribution in [0.25, 0.3) is 0 Å². The summed E-state index contributed by atoms with van der Waals surface area (Å²) in [5.41, 5.74) is 1.73. The Hall–Kier alpha value is -1.94. The van der Waals surface area contributed by atoms with Crippen LogP contribution in [0.15, 0.2) is 42.5 Å². The number of methoxy groups -OCH3 is 1. The van der Waals surface area contributed by atoms with E-state index in [0.717, 1.165) is 11.1 Å². The molecule has 2 aromatic rings. The minimum absolute atomic E-state index is 0.00794. The Bertz CT molecular complexity index is 598. The lowest BCUT2D eigenvalue weighted by molar-refractivity contribution is 0.394. The molecule has 2 aromatic carbocycles. The number of benzene rings is 2. The Morgan fingerprint density at radius 3 is 2.14 bits per heavy atom. The third-order valence-electron chi connectivity index (χ3n) is 3.53. The van der Waals surface area contributed by atoms with E-state index >= 15 is 0 Å². The van der Waals surface area contributed by atoms with Crippen LogP contribution < -0.4 is 10.1 Å². The average Bonchev–Trinajstić information content (AvgIpc) is 2.47. The average molecular weight is 291 g/mol. The zero-order valence-corrected chi connectivity index (χ0v) is 12.4. The minimum atomic E-state index is -0.297. The quantitative estimate of drug-likeness (QED) is 0.882. The lowest BCUT2D eigenvalue weighted by Gasteiger charge is -2.22. The smallest absolute Gasteiger partial charge is 0.123 e. The molecule has 2 unspecified atom stereocenters. The molecule has 0 saturated heterocycles. The highest BCUT2D eigenvalue weighted by atomic mass is 19.1. The maximum atomic E-state index is 13.4.